The highest BCUT2D eigenvalue weighted by molar-refractivity contribution is 6.11. The molecular formula is C55H36N2. The summed E-state index contributed by atoms with van der Waals surface area (Å²) in [6.07, 6.45) is 0. The molecule has 57 heavy (non-hydrogen) atoms. The number of nitrogens with zero attached hydrogens (tertiary/aromatic N) is 2. The molecule has 0 N–H and O–H groups in total. The molecule has 0 fully saturated rings. The lowest BCUT2D eigenvalue weighted by atomic mass is 9.70. The Hall–Kier alpha value is -7.42. The van der Waals surface area contributed by atoms with Crippen LogP contribution in [-0.4, -0.2) is 4.57 Å². The van der Waals surface area contributed by atoms with Crippen LogP contribution in [0.2, 0.25) is 0 Å². The maximum atomic E-state index is 2.48. The van der Waals surface area contributed by atoms with Crippen molar-refractivity contribution in [3.63, 3.8) is 0 Å². The van der Waals surface area contributed by atoms with Gasteiger partial charge >= 0.3 is 0 Å². The molecule has 0 unspecified atom stereocenters. The van der Waals surface area contributed by atoms with E-state index in [9.17, 15) is 0 Å². The fourth-order valence-electron chi connectivity index (χ4n) is 10.1. The van der Waals surface area contributed by atoms with Crippen LogP contribution in [0.3, 0.4) is 0 Å². The Morgan fingerprint density at radius 1 is 0.316 bits per heavy atom. The highest BCUT2D eigenvalue weighted by Gasteiger charge is 2.51. The van der Waals surface area contributed by atoms with Crippen LogP contribution < -0.4 is 4.90 Å². The van der Waals surface area contributed by atoms with Crippen LogP contribution in [0.25, 0.3) is 60.9 Å². The Morgan fingerprint density at radius 2 is 0.842 bits per heavy atom. The zero-order valence-corrected chi connectivity index (χ0v) is 31.2. The Bertz CT molecular complexity index is 3130. The van der Waals surface area contributed by atoms with E-state index in [1.807, 2.05) is 0 Å². The second-order valence-electron chi connectivity index (χ2n) is 15.3. The summed E-state index contributed by atoms with van der Waals surface area (Å²) in [6.45, 7) is 0. The Kier molecular flexibility index (Phi) is 6.88. The average Bonchev–Trinajstić information content (AvgIpc) is 3.89. The van der Waals surface area contributed by atoms with E-state index >= 15 is 0 Å². The highest BCUT2D eigenvalue weighted by atomic mass is 15.1. The van der Waals surface area contributed by atoms with Gasteiger partial charge in [0.2, 0.25) is 0 Å². The van der Waals surface area contributed by atoms with Gasteiger partial charge < -0.3 is 9.47 Å². The van der Waals surface area contributed by atoms with Gasteiger partial charge in [-0.2, -0.15) is 0 Å². The molecule has 1 spiro atoms. The van der Waals surface area contributed by atoms with Gasteiger partial charge in [0.1, 0.15) is 0 Å². The number of para-hydroxylation sites is 2. The molecule has 1 aromatic heterocycles. The van der Waals surface area contributed by atoms with Crippen LogP contribution in [-0.2, 0) is 5.41 Å². The summed E-state index contributed by atoms with van der Waals surface area (Å²) in [4.78, 5) is 2.44. The van der Waals surface area contributed by atoms with Crippen LogP contribution in [0.5, 0.6) is 0 Å². The first-order valence-electron chi connectivity index (χ1n) is 19.8. The van der Waals surface area contributed by atoms with Gasteiger partial charge in [0.15, 0.2) is 0 Å². The van der Waals surface area contributed by atoms with E-state index < -0.39 is 5.41 Å². The average molecular weight is 725 g/mol. The first kappa shape index (κ1) is 31.9. The lowest BCUT2D eigenvalue weighted by molar-refractivity contribution is 0.793. The summed E-state index contributed by atoms with van der Waals surface area (Å²) >= 11 is 0. The van der Waals surface area contributed by atoms with E-state index in [1.54, 1.807) is 0 Å². The molecule has 2 aliphatic carbocycles. The van der Waals surface area contributed by atoms with Crippen LogP contribution in [0.1, 0.15) is 22.3 Å². The lowest BCUT2D eigenvalue weighted by Gasteiger charge is -2.32. The SMILES string of the molecule is c1ccc(-c2cccc(-n3c4ccccc4c4cc(N(c5ccccc5)c5ccc6c(c5)C5(c7ccccc7-c7ccccc75)c5ccccc5-6)ccc43)c2)cc1. The summed E-state index contributed by atoms with van der Waals surface area (Å²) in [6, 6.07) is 80.4. The second-order valence-corrected chi connectivity index (χ2v) is 15.3. The van der Waals surface area contributed by atoms with Crippen LogP contribution in [0, 0.1) is 0 Å². The quantitative estimate of drug-likeness (QED) is 0.172. The summed E-state index contributed by atoms with van der Waals surface area (Å²) in [5.74, 6) is 0. The summed E-state index contributed by atoms with van der Waals surface area (Å²) < 4.78 is 2.42. The summed E-state index contributed by atoms with van der Waals surface area (Å²) in [5.41, 5.74) is 19.5. The molecule has 9 aromatic carbocycles. The van der Waals surface area contributed by atoms with Gasteiger partial charge in [-0.3, -0.25) is 0 Å². The van der Waals surface area contributed by atoms with E-state index in [1.165, 1.54) is 77.4 Å². The molecule has 266 valence electrons. The van der Waals surface area contributed by atoms with Crippen molar-refractivity contribution in [2.24, 2.45) is 0 Å². The zero-order chi connectivity index (χ0) is 37.5. The zero-order valence-electron chi connectivity index (χ0n) is 31.2. The van der Waals surface area contributed by atoms with Crippen LogP contribution in [0.15, 0.2) is 218 Å². The van der Waals surface area contributed by atoms with Crippen molar-refractivity contribution in [3.05, 3.63) is 241 Å². The molecular weight excluding hydrogens is 689 g/mol. The minimum absolute atomic E-state index is 0.414. The molecule has 10 aromatic rings. The Balaban J connectivity index is 1.08. The van der Waals surface area contributed by atoms with Gasteiger partial charge in [-0.25, -0.2) is 0 Å². The molecule has 0 amide bonds. The van der Waals surface area contributed by atoms with Crippen LogP contribution >= 0.6 is 0 Å². The predicted molar refractivity (Wildman–Crippen MR) is 237 cm³/mol. The van der Waals surface area contributed by atoms with Gasteiger partial charge in [-0.15, -0.1) is 0 Å². The van der Waals surface area contributed by atoms with Crippen molar-refractivity contribution in [1.82, 2.24) is 4.57 Å². The van der Waals surface area contributed by atoms with Gasteiger partial charge in [-0.1, -0.05) is 158 Å². The lowest BCUT2D eigenvalue weighted by Crippen LogP contribution is -2.26. The third-order valence-electron chi connectivity index (χ3n) is 12.4. The van der Waals surface area contributed by atoms with E-state index in [2.05, 4.69) is 228 Å². The van der Waals surface area contributed by atoms with Gasteiger partial charge in [0, 0.05) is 33.5 Å². The normalized spacial score (nSPS) is 13.1. The van der Waals surface area contributed by atoms with Crippen LogP contribution in [0.4, 0.5) is 17.1 Å². The number of anilines is 3. The van der Waals surface area contributed by atoms with E-state index in [0.29, 0.717) is 0 Å². The molecule has 0 saturated carbocycles. The molecule has 2 heteroatoms. The van der Waals surface area contributed by atoms with E-state index in [-0.39, 0.29) is 0 Å². The molecule has 0 bridgehead atoms. The van der Waals surface area contributed by atoms with E-state index in [0.717, 1.165) is 22.7 Å². The van der Waals surface area contributed by atoms with E-state index in [4.69, 9.17) is 0 Å². The number of benzene rings is 9. The highest BCUT2D eigenvalue weighted by Crippen LogP contribution is 2.63. The molecule has 0 aliphatic heterocycles. The summed E-state index contributed by atoms with van der Waals surface area (Å²) in [5, 5.41) is 2.45. The minimum Gasteiger partial charge on any atom is -0.310 e. The fourth-order valence-corrected chi connectivity index (χ4v) is 10.1. The predicted octanol–water partition coefficient (Wildman–Crippen LogP) is 14.3. The molecule has 0 saturated heterocycles. The first-order valence-corrected chi connectivity index (χ1v) is 19.8. The maximum Gasteiger partial charge on any atom is 0.0726 e. The second kappa shape index (κ2) is 12.3. The standard InChI is InChI=1S/C55H36N2/c1-3-16-37(17-4-1)38-18-15-21-40(34-38)57-53-29-14-10-25-47(53)48-35-41(31-33-54(48)57)56(39-19-5-2-6-20-39)42-30-32-46-45-24-9-13-28-51(45)55(52(46)36-42)49-26-11-7-22-43(49)44-23-8-12-27-50(44)55/h1-36H. The first-order chi connectivity index (χ1) is 28.3. The van der Waals surface area contributed by atoms with Crippen molar-refractivity contribution in [1.29, 1.82) is 0 Å². The number of fused-ring (bicyclic) bond motifs is 13. The molecule has 2 nitrogen and oxygen atoms in total. The maximum absolute atomic E-state index is 2.48. The third-order valence-corrected chi connectivity index (χ3v) is 12.4. The largest absolute Gasteiger partial charge is 0.310 e. The van der Waals surface area contributed by atoms with Gasteiger partial charge in [0.05, 0.1) is 16.4 Å². The topological polar surface area (TPSA) is 8.17 Å². The van der Waals surface area contributed by atoms with Crippen molar-refractivity contribution in [2.75, 3.05) is 4.90 Å². The van der Waals surface area contributed by atoms with Gasteiger partial charge in [0.25, 0.3) is 0 Å². The molecule has 0 radical (unpaired) electrons. The van der Waals surface area contributed by atoms with Crippen molar-refractivity contribution in [2.45, 2.75) is 5.41 Å². The third kappa shape index (κ3) is 4.53. The monoisotopic (exact) mass is 724 g/mol. The number of rotatable bonds is 5. The number of aromatic nitrogens is 1. The molecule has 1 heterocycles. The Morgan fingerprint density at radius 3 is 1.54 bits per heavy atom. The fraction of sp³-hybridized carbons (Fsp3) is 0.0182. The smallest absolute Gasteiger partial charge is 0.0726 e. The van der Waals surface area contributed by atoms with Gasteiger partial charge in [-0.05, 0) is 116 Å². The number of hydrogen-bond donors (Lipinski definition) is 0. The van der Waals surface area contributed by atoms with Crippen molar-refractivity contribution < 1.29 is 0 Å². The van der Waals surface area contributed by atoms with Crippen molar-refractivity contribution in [3.8, 4) is 39.1 Å². The minimum atomic E-state index is -0.414. The Labute approximate surface area is 332 Å². The molecule has 2 aliphatic rings. The number of hydrogen-bond acceptors (Lipinski definition) is 1. The molecule has 12 rings (SSSR count). The van der Waals surface area contributed by atoms with Crippen molar-refractivity contribution >= 4 is 38.9 Å². The molecule has 0 atom stereocenters. The summed E-state index contributed by atoms with van der Waals surface area (Å²) in [7, 11) is 0.